The predicted octanol–water partition coefficient (Wildman–Crippen LogP) is 3.85. The van der Waals surface area contributed by atoms with Crippen molar-refractivity contribution in [2.45, 2.75) is 51.2 Å². The molecule has 6 nitrogen and oxygen atoms in total. The average Bonchev–Trinajstić information content (AvgIpc) is 2.73. The van der Waals surface area contributed by atoms with Gasteiger partial charge < -0.3 is 15.2 Å². The summed E-state index contributed by atoms with van der Waals surface area (Å²) in [6.07, 6.45) is 11.8. The van der Waals surface area contributed by atoms with Crippen molar-refractivity contribution in [3.63, 3.8) is 0 Å². The van der Waals surface area contributed by atoms with Crippen LogP contribution in [0.3, 0.4) is 0 Å². The van der Waals surface area contributed by atoms with Crippen molar-refractivity contribution in [1.82, 2.24) is 9.88 Å². The first-order valence-corrected chi connectivity index (χ1v) is 10.7. The molecule has 2 aliphatic heterocycles. The summed E-state index contributed by atoms with van der Waals surface area (Å²) in [6, 6.07) is 4.80. The number of hydrogen-bond acceptors (Lipinski definition) is 5. The van der Waals surface area contributed by atoms with E-state index in [1.807, 2.05) is 18.2 Å². The molecule has 0 spiro atoms. The lowest BCUT2D eigenvalue weighted by atomic mass is 10.0. The highest BCUT2D eigenvalue weighted by molar-refractivity contribution is 5.47. The molecule has 1 saturated heterocycles. The van der Waals surface area contributed by atoms with Crippen molar-refractivity contribution in [2.24, 2.45) is 0 Å². The number of carbonyl (C=O) groups is 1. The van der Waals surface area contributed by atoms with E-state index in [1.165, 1.54) is 23.3 Å². The minimum Gasteiger partial charge on any atom is -0.483 e. The van der Waals surface area contributed by atoms with Gasteiger partial charge in [0.25, 0.3) is 6.47 Å². The molecule has 1 aromatic rings. The van der Waals surface area contributed by atoms with Crippen LogP contribution >= 0.6 is 0 Å². The molecule has 30 heavy (non-hydrogen) atoms. The molecule has 3 heterocycles. The van der Waals surface area contributed by atoms with E-state index in [4.69, 9.17) is 19.6 Å². The molecule has 1 aromatic heterocycles. The van der Waals surface area contributed by atoms with Gasteiger partial charge in [0.2, 0.25) is 0 Å². The van der Waals surface area contributed by atoms with Crippen LogP contribution in [0, 0.1) is 0 Å². The van der Waals surface area contributed by atoms with Crippen LogP contribution in [0.5, 0.6) is 0 Å². The van der Waals surface area contributed by atoms with E-state index in [-0.39, 0.29) is 6.47 Å². The third kappa shape index (κ3) is 7.11. The molecule has 0 unspecified atom stereocenters. The third-order valence-electron chi connectivity index (χ3n) is 5.59. The molecule has 0 radical (unpaired) electrons. The SMILES string of the molecule is C=C/C=C(\C=C)[C@@H](C)N1CC(OCCCCc2ccc3c(n2)NCCC3)C1.O=CO. The van der Waals surface area contributed by atoms with Crippen molar-refractivity contribution in [1.29, 1.82) is 0 Å². The molecular formula is C24H35N3O3. The van der Waals surface area contributed by atoms with Crippen LogP contribution < -0.4 is 5.32 Å². The number of allylic oxidation sites excluding steroid dienone is 2. The second kappa shape index (κ2) is 13.0. The van der Waals surface area contributed by atoms with E-state index >= 15 is 0 Å². The number of nitrogens with zero attached hydrogens (tertiary/aromatic N) is 2. The van der Waals surface area contributed by atoms with E-state index in [0.717, 1.165) is 57.7 Å². The number of unbranched alkanes of at least 4 members (excludes halogenated alkanes) is 1. The van der Waals surface area contributed by atoms with Crippen molar-refractivity contribution >= 4 is 12.3 Å². The smallest absolute Gasteiger partial charge is 0.290 e. The number of likely N-dealkylation sites (tertiary alicyclic amines) is 1. The lowest BCUT2D eigenvalue weighted by molar-refractivity contribution is -0.122. The predicted molar refractivity (Wildman–Crippen MR) is 122 cm³/mol. The quantitative estimate of drug-likeness (QED) is 0.345. The molecule has 2 N–H and O–H groups in total. The van der Waals surface area contributed by atoms with Crippen LogP contribution in [-0.2, 0) is 22.4 Å². The highest BCUT2D eigenvalue weighted by Gasteiger charge is 2.31. The number of ether oxygens (including phenoxy) is 1. The molecule has 0 aromatic carbocycles. The topological polar surface area (TPSA) is 74.7 Å². The zero-order valence-corrected chi connectivity index (χ0v) is 18.1. The van der Waals surface area contributed by atoms with Gasteiger partial charge in [0.1, 0.15) is 5.82 Å². The van der Waals surface area contributed by atoms with Crippen molar-refractivity contribution in [3.8, 4) is 0 Å². The maximum Gasteiger partial charge on any atom is 0.290 e. The molecule has 0 bridgehead atoms. The van der Waals surface area contributed by atoms with Gasteiger partial charge in [-0.05, 0) is 56.2 Å². The Kier molecular flexibility index (Phi) is 10.3. The van der Waals surface area contributed by atoms with Gasteiger partial charge >= 0.3 is 0 Å². The fraction of sp³-hybridized carbons (Fsp3) is 0.500. The Morgan fingerprint density at radius 2 is 2.17 bits per heavy atom. The number of hydrogen-bond donors (Lipinski definition) is 2. The maximum absolute atomic E-state index is 8.36. The van der Waals surface area contributed by atoms with Crippen molar-refractivity contribution < 1.29 is 14.6 Å². The van der Waals surface area contributed by atoms with Crippen LogP contribution in [0.4, 0.5) is 5.82 Å². The Hall–Kier alpha value is -2.44. The summed E-state index contributed by atoms with van der Waals surface area (Å²) in [7, 11) is 0. The molecule has 1 atom stereocenters. The van der Waals surface area contributed by atoms with E-state index in [0.29, 0.717) is 12.1 Å². The van der Waals surface area contributed by atoms with Crippen LogP contribution in [-0.4, -0.2) is 59.8 Å². The van der Waals surface area contributed by atoms with E-state index in [1.54, 1.807) is 0 Å². The first-order chi connectivity index (χ1) is 14.6. The Labute approximate surface area is 180 Å². The zero-order chi connectivity index (χ0) is 21.8. The van der Waals surface area contributed by atoms with Gasteiger partial charge in [-0.25, -0.2) is 4.98 Å². The average molecular weight is 414 g/mol. The molecule has 164 valence electrons. The number of pyridine rings is 1. The second-order valence-electron chi connectivity index (χ2n) is 7.63. The summed E-state index contributed by atoms with van der Waals surface area (Å²) in [5.41, 5.74) is 3.77. The van der Waals surface area contributed by atoms with Gasteiger partial charge in [-0.2, -0.15) is 0 Å². The van der Waals surface area contributed by atoms with Gasteiger partial charge in [-0.3, -0.25) is 9.69 Å². The summed E-state index contributed by atoms with van der Waals surface area (Å²) >= 11 is 0. The summed E-state index contributed by atoms with van der Waals surface area (Å²) in [6.45, 7) is 13.5. The van der Waals surface area contributed by atoms with E-state index in [2.05, 4.69) is 42.4 Å². The first kappa shape index (κ1) is 23.8. The number of carboxylic acid groups (broad SMARTS) is 1. The molecule has 3 rings (SSSR count). The molecule has 0 saturated carbocycles. The highest BCUT2D eigenvalue weighted by Crippen LogP contribution is 2.22. The Morgan fingerprint density at radius 1 is 1.40 bits per heavy atom. The largest absolute Gasteiger partial charge is 0.483 e. The van der Waals surface area contributed by atoms with Gasteiger partial charge in [0, 0.05) is 38.0 Å². The van der Waals surface area contributed by atoms with Crippen molar-refractivity contribution in [3.05, 3.63) is 60.3 Å². The molecule has 6 heteroatoms. The lowest BCUT2D eigenvalue weighted by Gasteiger charge is -2.43. The third-order valence-corrected chi connectivity index (χ3v) is 5.59. The number of anilines is 1. The number of rotatable bonds is 10. The van der Waals surface area contributed by atoms with Crippen LogP contribution in [0.2, 0.25) is 0 Å². The van der Waals surface area contributed by atoms with E-state index in [9.17, 15) is 0 Å². The van der Waals surface area contributed by atoms with Crippen LogP contribution in [0.1, 0.15) is 37.4 Å². The number of aromatic nitrogens is 1. The highest BCUT2D eigenvalue weighted by atomic mass is 16.5. The van der Waals surface area contributed by atoms with Crippen LogP contribution in [0.25, 0.3) is 0 Å². The number of aryl methyl sites for hydroxylation is 2. The molecule has 0 amide bonds. The zero-order valence-electron chi connectivity index (χ0n) is 18.1. The Balaban J connectivity index is 0.00000101. The minimum atomic E-state index is -0.250. The molecule has 0 aliphatic carbocycles. The van der Waals surface area contributed by atoms with Gasteiger partial charge in [0.15, 0.2) is 0 Å². The lowest BCUT2D eigenvalue weighted by Crippen LogP contribution is -2.56. The maximum atomic E-state index is 8.36. The fourth-order valence-electron chi connectivity index (χ4n) is 3.78. The summed E-state index contributed by atoms with van der Waals surface area (Å²) in [5, 5.41) is 10.3. The summed E-state index contributed by atoms with van der Waals surface area (Å²) in [4.78, 5) is 15.5. The van der Waals surface area contributed by atoms with Gasteiger partial charge in [-0.15, -0.1) is 0 Å². The minimum absolute atomic E-state index is 0.250. The fourth-order valence-corrected chi connectivity index (χ4v) is 3.78. The Morgan fingerprint density at radius 3 is 2.87 bits per heavy atom. The van der Waals surface area contributed by atoms with Gasteiger partial charge in [-0.1, -0.05) is 37.5 Å². The molecule has 2 aliphatic rings. The van der Waals surface area contributed by atoms with Crippen LogP contribution in [0.15, 0.2) is 49.1 Å². The Bertz CT molecular complexity index is 726. The normalized spacial score (nSPS) is 17.4. The van der Waals surface area contributed by atoms with Crippen molar-refractivity contribution in [2.75, 3.05) is 31.6 Å². The monoisotopic (exact) mass is 413 g/mol. The number of nitrogens with one attached hydrogen (secondary N) is 1. The molecule has 1 fully saturated rings. The van der Waals surface area contributed by atoms with Gasteiger partial charge in [0.05, 0.1) is 6.10 Å². The summed E-state index contributed by atoms with van der Waals surface area (Å²) < 4.78 is 6.02. The van der Waals surface area contributed by atoms with E-state index < -0.39 is 0 Å². The molecular weight excluding hydrogens is 378 g/mol. The first-order valence-electron chi connectivity index (χ1n) is 10.7. The standard InChI is InChI=1S/C23H33N3O.CH2O2/c1-4-9-19(5-2)18(3)26-16-22(17-26)27-15-7-6-11-21-13-12-20-10-8-14-24-23(20)25-21;2-1-3/h4-5,9,12-13,18,22H,1-2,6-8,10-11,14-17H2,3H3,(H,24,25);1H,(H,2,3)/b19-9+;/t18-;/m1./s1. The summed E-state index contributed by atoms with van der Waals surface area (Å²) in [5.74, 6) is 1.10. The second-order valence-corrected chi connectivity index (χ2v) is 7.63. The number of fused-ring (bicyclic) bond motifs is 1.